The largest absolute Gasteiger partial charge is 0.454 e. The quantitative estimate of drug-likeness (QED) is 0.791. The predicted molar refractivity (Wildman–Crippen MR) is 90.2 cm³/mol. The molecule has 24 heavy (non-hydrogen) atoms. The summed E-state index contributed by atoms with van der Waals surface area (Å²) < 4.78 is 10.7. The minimum atomic E-state index is 0.250. The number of nitrogens with one attached hydrogen (secondary N) is 1. The van der Waals surface area contributed by atoms with Gasteiger partial charge in [-0.3, -0.25) is 0 Å². The summed E-state index contributed by atoms with van der Waals surface area (Å²) in [6.45, 7) is 0.250. The third-order valence-electron chi connectivity index (χ3n) is 3.64. The molecule has 0 atom stereocenters. The molecule has 0 saturated carbocycles. The van der Waals surface area contributed by atoms with Crippen molar-refractivity contribution in [3.05, 3.63) is 54.7 Å². The van der Waals surface area contributed by atoms with E-state index in [1.807, 2.05) is 60.5 Å². The van der Waals surface area contributed by atoms with Gasteiger partial charge >= 0.3 is 0 Å². The van der Waals surface area contributed by atoms with Gasteiger partial charge in [-0.05, 0) is 24.3 Å². The average molecular weight is 321 g/mol. The van der Waals surface area contributed by atoms with E-state index in [1.54, 1.807) is 6.20 Å². The Morgan fingerprint density at radius 1 is 1.04 bits per heavy atom. The van der Waals surface area contributed by atoms with Crippen molar-refractivity contribution in [3.63, 3.8) is 0 Å². The van der Waals surface area contributed by atoms with Gasteiger partial charge in [-0.1, -0.05) is 18.2 Å². The van der Waals surface area contributed by atoms with Crippen LogP contribution < -0.4 is 19.7 Å². The number of benzene rings is 2. The van der Waals surface area contributed by atoms with E-state index in [2.05, 4.69) is 20.5 Å². The second-order valence-corrected chi connectivity index (χ2v) is 5.23. The normalized spacial score (nSPS) is 12.0. The highest BCUT2D eigenvalue weighted by atomic mass is 16.7. The predicted octanol–water partition coefficient (Wildman–Crippen LogP) is 3.11. The lowest BCUT2D eigenvalue weighted by atomic mass is 10.3. The molecule has 0 saturated heterocycles. The average Bonchev–Trinajstić information content (AvgIpc) is 3.10. The minimum Gasteiger partial charge on any atom is -0.454 e. The lowest BCUT2D eigenvalue weighted by molar-refractivity contribution is 0.174. The number of hydrogen-bond acceptors (Lipinski definition) is 7. The zero-order valence-electron chi connectivity index (χ0n) is 13.0. The third-order valence-corrected chi connectivity index (χ3v) is 3.64. The number of rotatable bonds is 4. The number of hydrogen-bond donors (Lipinski definition) is 1. The highest BCUT2D eigenvalue weighted by Crippen LogP contribution is 2.35. The number of nitrogens with zero attached hydrogens (tertiary/aromatic N) is 4. The maximum absolute atomic E-state index is 5.38. The van der Waals surface area contributed by atoms with E-state index in [0.29, 0.717) is 17.5 Å². The maximum atomic E-state index is 5.38. The Bertz CT molecular complexity index is 857. The second kappa shape index (κ2) is 6.04. The Balaban J connectivity index is 1.57. The molecule has 0 bridgehead atoms. The molecule has 1 N–H and O–H groups in total. The van der Waals surface area contributed by atoms with Gasteiger partial charge in [-0.2, -0.15) is 10.1 Å². The fourth-order valence-corrected chi connectivity index (χ4v) is 2.39. The fourth-order valence-electron chi connectivity index (χ4n) is 2.39. The van der Waals surface area contributed by atoms with E-state index >= 15 is 0 Å². The maximum Gasteiger partial charge on any atom is 0.251 e. The van der Waals surface area contributed by atoms with Gasteiger partial charge in [-0.25, -0.2) is 0 Å². The molecule has 0 unspecified atom stereocenters. The standard InChI is InChI=1S/C17H15N5O2/c1-22(13-5-3-2-4-6-13)17-20-16(10-18-21-17)19-12-7-8-14-15(9-12)24-11-23-14/h2-10H,11H2,1H3,(H,19,20,21). The summed E-state index contributed by atoms with van der Waals surface area (Å²) in [6.07, 6.45) is 1.58. The van der Waals surface area contributed by atoms with Crippen molar-refractivity contribution in [1.82, 2.24) is 15.2 Å². The SMILES string of the molecule is CN(c1ccccc1)c1nncc(Nc2ccc3c(c2)OCO3)n1. The smallest absolute Gasteiger partial charge is 0.251 e. The Morgan fingerprint density at radius 3 is 2.75 bits per heavy atom. The number of fused-ring (bicyclic) bond motifs is 1. The van der Waals surface area contributed by atoms with Crippen LogP contribution in [0.3, 0.4) is 0 Å². The first-order valence-electron chi connectivity index (χ1n) is 7.45. The molecule has 1 aliphatic rings. The Morgan fingerprint density at radius 2 is 1.88 bits per heavy atom. The highest BCUT2D eigenvalue weighted by molar-refractivity contribution is 5.63. The van der Waals surface area contributed by atoms with E-state index in [0.717, 1.165) is 17.1 Å². The molecule has 2 heterocycles. The van der Waals surface area contributed by atoms with Crippen LogP contribution >= 0.6 is 0 Å². The van der Waals surface area contributed by atoms with Crippen molar-refractivity contribution in [1.29, 1.82) is 0 Å². The van der Waals surface area contributed by atoms with Gasteiger partial charge < -0.3 is 19.7 Å². The Kier molecular flexibility index (Phi) is 3.59. The van der Waals surface area contributed by atoms with Gasteiger partial charge in [0.15, 0.2) is 17.3 Å². The van der Waals surface area contributed by atoms with Crippen molar-refractivity contribution in [2.75, 3.05) is 24.1 Å². The number of anilines is 4. The van der Waals surface area contributed by atoms with Gasteiger partial charge in [0.2, 0.25) is 6.79 Å². The first-order valence-corrected chi connectivity index (χ1v) is 7.45. The van der Waals surface area contributed by atoms with Crippen LogP contribution in [0.4, 0.5) is 23.1 Å². The van der Waals surface area contributed by atoms with Crippen molar-refractivity contribution < 1.29 is 9.47 Å². The van der Waals surface area contributed by atoms with Crippen LogP contribution in [0.2, 0.25) is 0 Å². The summed E-state index contributed by atoms with van der Waals surface area (Å²) in [7, 11) is 1.90. The van der Waals surface area contributed by atoms with Gasteiger partial charge in [0.1, 0.15) is 0 Å². The monoisotopic (exact) mass is 321 g/mol. The first-order chi connectivity index (χ1) is 11.8. The van der Waals surface area contributed by atoms with Crippen molar-refractivity contribution in [2.24, 2.45) is 0 Å². The van der Waals surface area contributed by atoms with Crippen LogP contribution in [0.25, 0.3) is 0 Å². The summed E-state index contributed by atoms with van der Waals surface area (Å²) in [5, 5.41) is 11.3. The van der Waals surface area contributed by atoms with Crippen LogP contribution in [-0.4, -0.2) is 29.0 Å². The molecular formula is C17H15N5O2. The van der Waals surface area contributed by atoms with Gasteiger partial charge in [0.25, 0.3) is 5.95 Å². The lowest BCUT2D eigenvalue weighted by Gasteiger charge is -2.17. The first kappa shape index (κ1) is 14.3. The number of aromatic nitrogens is 3. The lowest BCUT2D eigenvalue weighted by Crippen LogP contribution is -2.14. The van der Waals surface area contributed by atoms with E-state index in [-0.39, 0.29) is 6.79 Å². The summed E-state index contributed by atoms with van der Waals surface area (Å²) >= 11 is 0. The third kappa shape index (κ3) is 2.79. The van der Waals surface area contributed by atoms with E-state index in [1.165, 1.54) is 0 Å². The van der Waals surface area contributed by atoms with Crippen LogP contribution in [0.5, 0.6) is 11.5 Å². The summed E-state index contributed by atoms with van der Waals surface area (Å²) in [5.41, 5.74) is 1.83. The summed E-state index contributed by atoms with van der Waals surface area (Å²) in [6, 6.07) is 15.5. The van der Waals surface area contributed by atoms with Crippen molar-refractivity contribution in [2.45, 2.75) is 0 Å². The molecule has 3 aromatic rings. The van der Waals surface area contributed by atoms with E-state index < -0.39 is 0 Å². The van der Waals surface area contributed by atoms with Crippen LogP contribution in [0.15, 0.2) is 54.7 Å². The number of para-hydroxylation sites is 1. The molecule has 0 radical (unpaired) electrons. The molecule has 1 aromatic heterocycles. The molecule has 1 aliphatic heterocycles. The zero-order valence-corrected chi connectivity index (χ0v) is 13.0. The molecule has 7 heteroatoms. The van der Waals surface area contributed by atoms with Crippen LogP contribution in [0.1, 0.15) is 0 Å². The topological polar surface area (TPSA) is 72.4 Å². The molecule has 7 nitrogen and oxygen atoms in total. The van der Waals surface area contributed by atoms with Gasteiger partial charge in [-0.15, -0.1) is 5.10 Å². The Labute approximate surface area is 138 Å². The van der Waals surface area contributed by atoms with Crippen LogP contribution in [0, 0.1) is 0 Å². The van der Waals surface area contributed by atoms with Crippen molar-refractivity contribution in [3.8, 4) is 11.5 Å². The molecule has 0 fully saturated rings. The second-order valence-electron chi connectivity index (χ2n) is 5.23. The summed E-state index contributed by atoms with van der Waals surface area (Å²) in [5.74, 6) is 2.56. The Hall–Kier alpha value is -3.35. The molecule has 120 valence electrons. The number of ether oxygens (including phenoxy) is 2. The molecule has 4 rings (SSSR count). The molecule has 0 spiro atoms. The van der Waals surface area contributed by atoms with Gasteiger partial charge in [0, 0.05) is 24.5 Å². The van der Waals surface area contributed by atoms with E-state index in [4.69, 9.17) is 9.47 Å². The van der Waals surface area contributed by atoms with Gasteiger partial charge in [0.05, 0.1) is 6.20 Å². The summed E-state index contributed by atoms with van der Waals surface area (Å²) in [4.78, 5) is 6.38. The highest BCUT2D eigenvalue weighted by Gasteiger charge is 2.14. The minimum absolute atomic E-state index is 0.250. The molecule has 0 aliphatic carbocycles. The van der Waals surface area contributed by atoms with Crippen LogP contribution in [-0.2, 0) is 0 Å². The van der Waals surface area contributed by atoms with E-state index in [9.17, 15) is 0 Å². The zero-order chi connectivity index (χ0) is 16.4. The molecule has 0 amide bonds. The van der Waals surface area contributed by atoms with Crippen molar-refractivity contribution >= 4 is 23.1 Å². The molecular weight excluding hydrogens is 306 g/mol. The molecule has 2 aromatic carbocycles. The fraction of sp³-hybridized carbons (Fsp3) is 0.118.